The second-order valence-electron chi connectivity index (χ2n) is 5.31. The zero-order valence-electron chi connectivity index (χ0n) is 13.6. The van der Waals surface area contributed by atoms with E-state index >= 15 is 0 Å². The lowest BCUT2D eigenvalue weighted by Gasteiger charge is -2.13. The Morgan fingerprint density at radius 2 is 1.38 bits per heavy atom. The summed E-state index contributed by atoms with van der Waals surface area (Å²) in [5.41, 5.74) is 7.74. The van der Waals surface area contributed by atoms with Gasteiger partial charge < -0.3 is 11.1 Å². The maximum absolute atomic E-state index is 11.0. The quantitative estimate of drug-likeness (QED) is 0.716. The largest absolute Gasteiger partial charge is 0.349 e. The monoisotopic (exact) mass is 386 g/mol. The van der Waals surface area contributed by atoms with Gasteiger partial charge in [0.05, 0.1) is 6.04 Å². The summed E-state index contributed by atoms with van der Waals surface area (Å²) in [6.45, 7) is 3.84. The molecule has 2 rings (SSSR count). The molecule has 0 radical (unpaired) electrons. The summed E-state index contributed by atoms with van der Waals surface area (Å²) in [6.07, 6.45) is 0. The van der Waals surface area contributed by atoms with Crippen LogP contribution in [0.4, 0.5) is 0 Å². The fourth-order valence-corrected chi connectivity index (χ4v) is 2.21. The molecule has 24 heavy (non-hydrogen) atoms. The average Bonchev–Trinajstić information content (AvgIpc) is 2.56. The number of rotatable bonds is 4. The molecule has 2 aromatic rings. The van der Waals surface area contributed by atoms with Gasteiger partial charge in [0.2, 0.25) is 5.91 Å². The Bertz CT molecular complexity index is 628. The second-order valence-corrected chi connectivity index (χ2v) is 6.45. The van der Waals surface area contributed by atoms with Crippen LogP contribution in [0.15, 0.2) is 48.5 Å². The third kappa shape index (κ3) is 7.54. The Hall–Kier alpha value is -1.26. The normalized spacial score (nSPS) is 12.6. The van der Waals surface area contributed by atoms with Crippen molar-refractivity contribution in [3.05, 3.63) is 69.7 Å². The summed E-state index contributed by atoms with van der Waals surface area (Å²) in [5.74, 6) is -0.188. The minimum absolute atomic E-state index is 0.0159. The van der Waals surface area contributed by atoms with Crippen molar-refractivity contribution < 1.29 is 4.79 Å². The van der Waals surface area contributed by atoms with Crippen LogP contribution in [0.25, 0.3) is 0 Å². The molecule has 0 saturated carbocycles. The van der Waals surface area contributed by atoms with Crippen LogP contribution in [0.2, 0.25) is 10.0 Å². The first-order valence-corrected chi connectivity index (χ1v) is 8.74. The van der Waals surface area contributed by atoms with E-state index in [-0.39, 0.29) is 23.9 Å². The lowest BCUT2D eigenvalue weighted by atomic mass is 10.1. The van der Waals surface area contributed by atoms with E-state index < -0.39 is 0 Å². The molecule has 0 fully saturated rings. The molecule has 0 heterocycles. The predicted molar refractivity (Wildman–Crippen MR) is 103 cm³/mol. The lowest BCUT2D eigenvalue weighted by molar-refractivity contribution is -0.119. The van der Waals surface area contributed by atoms with Crippen LogP contribution in [-0.2, 0) is 4.79 Å². The number of carbonyl (C=O) groups excluding carboxylic acids is 1. The highest BCUT2D eigenvalue weighted by Crippen LogP contribution is 2.16. The zero-order chi connectivity index (χ0) is 18.1. The van der Waals surface area contributed by atoms with E-state index in [0.717, 1.165) is 16.1 Å². The van der Waals surface area contributed by atoms with Gasteiger partial charge in [-0.1, -0.05) is 47.5 Å². The van der Waals surface area contributed by atoms with Gasteiger partial charge in [0.25, 0.3) is 0 Å². The lowest BCUT2D eigenvalue weighted by Crippen LogP contribution is -2.27. The number of alkyl halides is 1. The Labute approximate surface area is 158 Å². The minimum atomic E-state index is -0.172. The van der Waals surface area contributed by atoms with Crippen LogP contribution in [0.1, 0.15) is 37.1 Å². The van der Waals surface area contributed by atoms with Crippen LogP contribution in [0.3, 0.4) is 0 Å². The van der Waals surface area contributed by atoms with Crippen LogP contribution in [0, 0.1) is 0 Å². The Kier molecular flexibility index (Phi) is 9.16. The van der Waals surface area contributed by atoms with Gasteiger partial charge in [-0.2, -0.15) is 0 Å². The van der Waals surface area contributed by atoms with E-state index in [4.69, 9.17) is 40.5 Å². The van der Waals surface area contributed by atoms with Crippen molar-refractivity contribution in [2.45, 2.75) is 25.9 Å². The van der Waals surface area contributed by atoms with E-state index in [1.54, 1.807) is 12.1 Å². The van der Waals surface area contributed by atoms with Crippen molar-refractivity contribution in [2.75, 3.05) is 5.88 Å². The smallest absolute Gasteiger partial charge is 0.235 e. The van der Waals surface area contributed by atoms with Crippen molar-refractivity contribution in [2.24, 2.45) is 5.73 Å². The van der Waals surface area contributed by atoms with Crippen LogP contribution < -0.4 is 11.1 Å². The highest BCUT2D eigenvalue weighted by molar-refractivity contribution is 6.30. The third-order valence-electron chi connectivity index (χ3n) is 3.26. The number of halogens is 3. The molecule has 0 saturated heterocycles. The van der Waals surface area contributed by atoms with Gasteiger partial charge in [-0.05, 0) is 49.2 Å². The Morgan fingerprint density at radius 1 is 0.958 bits per heavy atom. The van der Waals surface area contributed by atoms with E-state index in [9.17, 15) is 4.79 Å². The molecule has 0 spiro atoms. The van der Waals surface area contributed by atoms with Gasteiger partial charge in [-0.3, -0.25) is 4.79 Å². The second kappa shape index (κ2) is 10.6. The van der Waals surface area contributed by atoms with Crippen molar-refractivity contribution in [3.8, 4) is 0 Å². The van der Waals surface area contributed by atoms with E-state index in [0.29, 0.717) is 5.02 Å². The SMILES string of the molecule is CC(N)c1ccc(Cl)cc1.CC(NC(=O)CCl)c1ccc(Cl)cc1. The van der Waals surface area contributed by atoms with Gasteiger partial charge in [0.1, 0.15) is 5.88 Å². The molecule has 1 amide bonds. The maximum Gasteiger partial charge on any atom is 0.235 e. The van der Waals surface area contributed by atoms with Gasteiger partial charge in [-0.25, -0.2) is 0 Å². The number of nitrogens with one attached hydrogen (secondary N) is 1. The molecule has 3 nitrogen and oxygen atoms in total. The van der Waals surface area contributed by atoms with Gasteiger partial charge in [0, 0.05) is 16.1 Å². The molecular weight excluding hydrogens is 367 g/mol. The molecule has 3 N–H and O–H groups in total. The summed E-state index contributed by atoms with van der Waals surface area (Å²) < 4.78 is 0. The molecule has 2 atom stereocenters. The topological polar surface area (TPSA) is 55.1 Å². The van der Waals surface area contributed by atoms with Crippen LogP contribution >= 0.6 is 34.8 Å². The first-order valence-electron chi connectivity index (χ1n) is 7.45. The number of carbonyl (C=O) groups is 1. The van der Waals surface area contributed by atoms with Crippen LogP contribution in [0.5, 0.6) is 0 Å². The first kappa shape index (κ1) is 20.8. The highest BCUT2D eigenvalue weighted by Gasteiger charge is 2.07. The van der Waals surface area contributed by atoms with Gasteiger partial charge in [0.15, 0.2) is 0 Å². The average molecular weight is 388 g/mol. The fraction of sp³-hybridized carbons (Fsp3) is 0.278. The van der Waals surface area contributed by atoms with Gasteiger partial charge >= 0.3 is 0 Å². The number of nitrogens with two attached hydrogens (primary N) is 1. The molecule has 0 bridgehead atoms. The molecule has 0 aliphatic heterocycles. The Balaban J connectivity index is 0.000000254. The minimum Gasteiger partial charge on any atom is -0.349 e. The number of amides is 1. The predicted octanol–water partition coefficient (Wildman–Crippen LogP) is 5.12. The Morgan fingerprint density at radius 3 is 1.75 bits per heavy atom. The molecule has 0 aliphatic rings. The molecule has 2 unspecified atom stereocenters. The molecule has 6 heteroatoms. The van der Waals surface area contributed by atoms with Crippen molar-refractivity contribution >= 4 is 40.7 Å². The molecular formula is C18H21Cl3N2O. The van der Waals surface area contributed by atoms with E-state index in [1.807, 2.05) is 50.2 Å². The summed E-state index contributed by atoms with van der Waals surface area (Å²) in [5, 5.41) is 4.19. The van der Waals surface area contributed by atoms with Crippen LogP contribution in [-0.4, -0.2) is 11.8 Å². The van der Waals surface area contributed by atoms with Crippen molar-refractivity contribution in [1.29, 1.82) is 0 Å². The third-order valence-corrected chi connectivity index (χ3v) is 4.01. The fourth-order valence-electron chi connectivity index (χ4n) is 1.88. The van der Waals surface area contributed by atoms with Gasteiger partial charge in [-0.15, -0.1) is 11.6 Å². The summed E-state index contributed by atoms with van der Waals surface area (Å²) in [4.78, 5) is 11.0. The number of hydrogen-bond donors (Lipinski definition) is 2. The van der Waals surface area contributed by atoms with E-state index in [1.165, 1.54) is 0 Å². The zero-order valence-corrected chi connectivity index (χ0v) is 15.9. The molecule has 2 aromatic carbocycles. The standard InChI is InChI=1S/C10H11Cl2NO.C8H10ClN/c1-7(13-10(14)6-11)8-2-4-9(12)5-3-8;1-6(10)7-2-4-8(9)5-3-7/h2-5,7H,6H2,1H3,(H,13,14);2-6H,10H2,1H3. The van der Waals surface area contributed by atoms with Crippen molar-refractivity contribution in [1.82, 2.24) is 5.32 Å². The highest BCUT2D eigenvalue weighted by atomic mass is 35.5. The van der Waals surface area contributed by atoms with E-state index in [2.05, 4.69) is 5.32 Å². The number of hydrogen-bond acceptors (Lipinski definition) is 2. The maximum atomic E-state index is 11.0. The van der Waals surface area contributed by atoms with Crippen molar-refractivity contribution in [3.63, 3.8) is 0 Å². The first-order chi connectivity index (χ1) is 11.3. The molecule has 130 valence electrons. The summed E-state index contributed by atoms with van der Waals surface area (Å²) in [7, 11) is 0. The number of benzene rings is 2. The molecule has 0 aromatic heterocycles. The summed E-state index contributed by atoms with van der Waals surface area (Å²) >= 11 is 16.8. The molecule has 0 aliphatic carbocycles. The summed E-state index contributed by atoms with van der Waals surface area (Å²) in [6, 6.07) is 15.0.